The Morgan fingerprint density at radius 2 is 2.00 bits per heavy atom. The van der Waals surface area contributed by atoms with Crippen molar-refractivity contribution in [1.29, 1.82) is 0 Å². The zero-order valence-electron chi connectivity index (χ0n) is 11.3. The van der Waals surface area contributed by atoms with Crippen molar-refractivity contribution in [2.45, 2.75) is 12.6 Å². The van der Waals surface area contributed by atoms with Crippen LogP contribution < -0.4 is 10.1 Å². The summed E-state index contributed by atoms with van der Waals surface area (Å²) in [5, 5.41) is 7.33. The number of ether oxygens (including phenoxy) is 1. The summed E-state index contributed by atoms with van der Waals surface area (Å²) in [6.45, 7) is 1.76. The molecule has 114 valence electrons. The summed E-state index contributed by atoms with van der Waals surface area (Å²) in [5.74, 6) is 0.240. The van der Waals surface area contributed by atoms with E-state index in [1.165, 1.54) is 17.7 Å². The zero-order chi connectivity index (χ0) is 15.1. The molecule has 0 saturated carbocycles. The lowest BCUT2D eigenvalue weighted by Crippen LogP contribution is -2.23. The molecular weight excluding hydrogens is 299 g/mol. The van der Waals surface area contributed by atoms with Gasteiger partial charge in [0.25, 0.3) is 0 Å². The van der Waals surface area contributed by atoms with Crippen LogP contribution in [-0.4, -0.2) is 19.7 Å². The van der Waals surface area contributed by atoms with Gasteiger partial charge in [-0.3, -0.25) is 0 Å². The third-order valence-corrected chi connectivity index (χ3v) is 3.61. The van der Waals surface area contributed by atoms with Gasteiger partial charge in [-0.05, 0) is 53.6 Å². The second-order valence-corrected chi connectivity index (χ2v) is 5.29. The number of rotatable bonds is 7. The predicted molar refractivity (Wildman–Crippen MR) is 77.8 cm³/mol. The molecule has 2 aromatic rings. The van der Waals surface area contributed by atoms with Crippen molar-refractivity contribution in [1.82, 2.24) is 5.32 Å². The predicted octanol–water partition coefficient (Wildman–Crippen LogP) is 3.98. The van der Waals surface area contributed by atoms with Gasteiger partial charge in [0.2, 0.25) is 0 Å². The van der Waals surface area contributed by atoms with Gasteiger partial charge in [-0.25, -0.2) is 0 Å². The Morgan fingerprint density at radius 1 is 1.14 bits per heavy atom. The molecule has 0 aliphatic rings. The standard InChI is InChI=1S/C15H16F3NOS/c16-15(17,18)13-2-1-3-14(10-13)20-8-7-19-6-4-12-5-9-21-11-12/h1-3,5,9-11,19H,4,6-8H2. The lowest BCUT2D eigenvalue weighted by molar-refractivity contribution is -0.137. The van der Waals surface area contributed by atoms with E-state index in [2.05, 4.69) is 16.8 Å². The van der Waals surface area contributed by atoms with E-state index >= 15 is 0 Å². The van der Waals surface area contributed by atoms with Gasteiger partial charge >= 0.3 is 6.18 Å². The van der Waals surface area contributed by atoms with E-state index in [9.17, 15) is 13.2 Å². The Kier molecular flexibility index (Phi) is 5.64. The molecule has 0 aliphatic carbocycles. The summed E-state index contributed by atoms with van der Waals surface area (Å²) < 4.78 is 42.9. The number of alkyl halides is 3. The molecule has 2 nitrogen and oxygen atoms in total. The van der Waals surface area contributed by atoms with E-state index in [0.29, 0.717) is 13.2 Å². The largest absolute Gasteiger partial charge is 0.492 e. The Bertz CT molecular complexity index is 540. The van der Waals surface area contributed by atoms with E-state index in [4.69, 9.17) is 4.74 Å². The number of hydrogen-bond acceptors (Lipinski definition) is 3. The average molecular weight is 315 g/mol. The van der Waals surface area contributed by atoms with Crippen LogP contribution in [-0.2, 0) is 12.6 Å². The van der Waals surface area contributed by atoms with Crippen LogP contribution >= 0.6 is 11.3 Å². The number of hydrogen-bond donors (Lipinski definition) is 1. The van der Waals surface area contributed by atoms with E-state index in [1.54, 1.807) is 11.3 Å². The van der Waals surface area contributed by atoms with Gasteiger partial charge in [-0.2, -0.15) is 24.5 Å². The molecule has 0 unspecified atom stereocenters. The van der Waals surface area contributed by atoms with Gasteiger partial charge < -0.3 is 10.1 Å². The molecule has 0 bridgehead atoms. The van der Waals surface area contributed by atoms with Crippen LogP contribution in [0.15, 0.2) is 41.1 Å². The molecule has 1 aromatic heterocycles. The topological polar surface area (TPSA) is 21.3 Å². The quantitative estimate of drug-likeness (QED) is 0.780. The number of thiophene rings is 1. The van der Waals surface area contributed by atoms with Crippen molar-refractivity contribution >= 4 is 11.3 Å². The van der Waals surface area contributed by atoms with Gasteiger partial charge in [0.15, 0.2) is 0 Å². The third-order valence-electron chi connectivity index (χ3n) is 2.88. The molecule has 21 heavy (non-hydrogen) atoms. The van der Waals surface area contributed by atoms with Crippen molar-refractivity contribution in [3.8, 4) is 5.75 Å². The number of halogens is 3. The van der Waals surface area contributed by atoms with Gasteiger partial charge in [-0.15, -0.1) is 0 Å². The molecule has 0 saturated heterocycles. The molecule has 1 heterocycles. The van der Waals surface area contributed by atoms with E-state index < -0.39 is 11.7 Å². The maximum atomic E-state index is 12.5. The van der Waals surface area contributed by atoms with Crippen LogP contribution in [0.5, 0.6) is 5.75 Å². The first-order valence-corrected chi connectivity index (χ1v) is 7.52. The van der Waals surface area contributed by atoms with Crippen LogP contribution in [0.2, 0.25) is 0 Å². The smallest absolute Gasteiger partial charge is 0.416 e. The van der Waals surface area contributed by atoms with Gasteiger partial charge in [-0.1, -0.05) is 6.07 Å². The fourth-order valence-electron chi connectivity index (χ4n) is 1.80. The van der Waals surface area contributed by atoms with Crippen LogP contribution in [0.3, 0.4) is 0 Å². The van der Waals surface area contributed by atoms with Crippen molar-refractivity contribution in [3.05, 3.63) is 52.2 Å². The molecular formula is C15H16F3NOS. The Labute approximate surface area is 125 Å². The lowest BCUT2D eigenvalue weighted by atomic mass is 10.2. The molecule has 6 heteroatoms. The van der Waals surface area contributed by atoms with E-state index in [-0.39, 0.29) is 5.75 Å². The van der Waals surface area contributed by atoms with Crippen molar-refractivity contribution in [3.63, 3.8) is 0 Å². The van der Waals surface area contributed by atoms with Crippen LogP contribution in [0.4, 0.5) is 13.2 Å². The summed E-state index contributed by atoms with van der Waals surface area (Å²) >= 11 is 1.66. The fraction of sp³-hybridized carbons (Fsp3) is 0.333. The maximum Gasteiger partial charge on any atom is 0.416 e. The summed E-state index contributed by atoms with van der Waals surface area (Å²) in [6.07, 6.45) is -3.40. The van der Waals surface area contributed by atoms with E-state index in [0.717, 1.165) is 25.1 Å². The highest BCUT2D eigenvalue weighted by Gasteiger charge is 2.30. The fourth-order valence-corrected chi connectivity index (χ4v) is 2.50. The number of nitrogens with one attached hydrogen (secondary N) is 1. The SMILES string of the molecule is FC(F)(F)c1cccc(OCCNCCc2ccsc2)c1. The summed E-state index contributed by atoms with van der Waals surface area (Å²) in [4.78, 5) is 0. The minimum absolute atomic E-state index is 0.240. The van der Waals surface area contributed by atoms with Crippen LogP contribution in [0.1, 0.15) is 11.1 Å². The van der Waals surface area contributed by atoms with Gasteiger partial charge in [0, 0.05) is 6.54 Å². The molecule has 0 fully saturated rings. The molecule has 0 amide bonds. The Hall–Kier alpha value is -1.53. The first-order chi connectivity index (χ1) is 10.1. The molecule has 1 aromatic carbocycles. The lowest BCUT2D eigenvalue weighted by Gasteiger charge is -2.10. The van der Waals surface area contributed by atoms with Crippen molar-refractivity contribution < 1.29 is 17.9 Å². The second kappa shape index (κ2) is 7.47. The number of benzene rings is 1. The van der Waals surface area contributed by atoms with Gasteiger partial charge in [0.1, 0.15) is 12.4 Å². The summed E-state index contributed by atoms with van der Waals surface area (Å²) in [5.41, 5.74) is 0.594. The minimum atomic E-state index is -4.34. The van der Waals surface area contributed by atoms with E-state index in [1.807, 2.05) is 5.38 Å². The monoisotopic (exact) mass is 315 g/mol. The average Bonchev–Trinajstić information content (AvgIpc) is 2.95. The van der Waals surface area contributed by atoms with Crippen LogP contribution in [0.25, 0.3) is 0 Å². The maximum absolute atomic E-state index is 12.5. The molecule has 1 N–H and O–H groups in total. The molecule has 0 aliphatic heterocycles. The first-order valence-electron chi connectivity index (χ1n) is 6.57. The highest BCUT2D eigenvalue weighted by atomic mass is 32.1. The molecule has 0 atom stereocenters. The van der Waals surface area contributed by atoms with Crippen molar-refractivity contribution in [2.75, 3.05) is 19.7 Å². The van der Waals surface area contributed by atoms with Crippen molar-refractivity contribution in [2.24, 2.45) is 0 Å². The summed E-state index contributed by atoms with van der Waals surface area (Å²) in [6, 6.07) is 7.01. The highest BCUT2D eigenvalue weighted by Crippen LogP contribution is 2.31. The summed E-state index contributed by atoms with van der Waals surface area (Å²) in [7, 11) is 0. The molecule has 2 rings (SSSR count). The zero-order valence-corrected chi connectivity index (χ0v) is 12.1. The molecule has 0 radical (unpaired) electrons. The normalized spacial score (nSPS) is 11.6. The third kappa shape index (κ3) is 5.40. The Morgan fingerprint density at radius 3 is 2.71 bits per heavy atom. The first kappa shape index (κ1) is 15.9. The second-order valence-electron chi connectivity index (χ2n) is 4.51. The highest BCUT2D eigenvalue weighted by molar-refractivity contribution is 7.07. The minimum Gasteiger partial charge on any atom is -0.492 e. The Balaban J connectivity index is 1.67. The van der Waals surface area contributed by atoms with Gasteiger partial charge in [0.05, 0.1) is 5.56 Å². The molecule has 0 spiro atoms. The van der Waals surface area contributed by atoms with Crippen LogP contribution in [0, 0.1) is 0 Å².